The zero-order valence-electron chi connectivity index (χ0n) is 11.2. The summed E-state index contributed by atoms with van der Waals surface area (Å²) in [5.74, 6) is 1.36. The summed E-state index contributed by atoms with van der Waals surface area (Å²) in [7, 11) is 0.391. The van der Waals surface area contributed by atoms with Gasteiger partial charge in [0, 0.05) is 26.5 Å². The summed E-state index contributed by atoms with van der Waals surface area (Å²) in [5, 5.41) is 0. The van der Waals surface area contributed by atoms with Crippen LogP contribution in [0.1, 0.15) is 26.2 Å². The van der Waals surface area contributed by atoms with Crippen molar-refractivity contribution in [2.75, 3.05) is 7.11 Å². The standard InChI is InChI=1S/C13H24O2Si/c1-6-7-13(16(3,4)5)11-8-10(15-2)9-12(11)14/h9,11,13H,6-8H2,1-5H3. The molecule has 0 spiro atoms. The van der Waals surface area contributed by atoms with Crippen LogP contribution in [0.2, 0.25) is 25.2 Å². The molecule has 0 aliphatic heterocycles. The lowest BCUT2D eigenvalue weighted by Crippen LogP contribution is -2.35. The first-order chi connectivity index (χ1) is 7.40. The van der Waals surface area contributed by atoms with Crippen LogP contribution < -0.4 is 0 Å². The van der Waals surface area contributed by atoms with Gasteiger partial charge in [-0.15, -0.1) is 0 Å². The highest BCUT2D eigenvalue weighted by Gasteiger charge is 2.39. The molecule has 16 heavy (non-hydrogen) atoms. The van der Waals surface area contributed by atoms with E-state index in [-0.39, 0.29) is 11.7 Å². The normalized spacial score (nSPS) is 23.2. The highest BCUT2D eigenvalue weighted by molar-refractivity contribution is 6.77. The van der Waals surface area contributed by atoms with Crippen molar-refractivity contribution in [3.8, 4) is 0 Å². The van der Waals surface area contributed by atoms with Crippen LogP contribution >= 0.6 is 0 Å². The van der Waals surface area contributed by atoms with E-state index >= 15 is 0 Å². The molecule has 0 fully saturated rings. The minimum absolute atomic E-state index is 0.196. The van der Waals surface area contributed by atoms with Gasteiger partial charge >= 0.3 is 0 Å². The van der Waals surface area contributed by atoms with Gasteiger partial charge in [-0.3, -0.25) is 4.79 Å². The van der Waals surface area contributed by atoms with Gasteiger partial charge in [0.05, 0.1) is 12.9 Å². The van der Waals surface area contributed by atoms with Gasteiger partial charge in [0.2, 0.25) is 0 Å². The Hall–Kier alpha value is -0.573. The minimum atomic E-state index is -1.27. The maximum absolute atomic E-state index is 12.0. The van der Waals surface area contributed by atoms with Crippen molar-refractivity contribution in [1.82, 2.24) is 0 Å². The molecule has 0 saturated carbocycles. The first kappa shape index (κ1) is 13.5. The fourth-order valence-electron chi connectivity index (χ4n) is 2.67. The Morgan fingerprint density at radius 3 is 2.50 bits per heavy atom. The van der Waals surface area contributed by atoms with Crippen molar-refractivity contribution in [3.63, 3.8) is 0 Å². The van der Waals surface area contributed by atoms with E-state index in [4.69, 9.17) is 4.74 Å². The van der Waals surface area contributed by atoms with Crippen LogP contribution in [0.15, 0.2) is 11.8 Å². The molecule has 0 radical (unpaired) electrons. The molecule has 2 nitrogen and oxygen atoms in total. The predicted octanol–water partition coefficient (Wildman–Crippen LogP) is 3.61. The van der Waals surface area contributed by atoms with Gasteiger partial charge in [-0.2, -0.15) is 0 Å². The number of hydrogen-bond donors (Lipinski definition) is 0. The third-order valence-electron chi connectivity index (χ3n) is 3.55. The lowest BCUT2D eigenvalue weighted by Gasteiger charge is -2.33. The van der Waals surface area contributed by atoms with Crippen molar-refractivity contribution < 1.29 is 9.53 Å². The molecule has 1 aliphatic carbocycles. The summed E-state index contributed by atoms with van der Waals surface area (Å²) in [4.78, 5) is 12.0. The van der Waals surface area contributed by atoms with Crippen LogP contribution in [0.25, 0.3) is 0 Å². The average molecular weight is 240 g/mol. The molecule has 1 aliphatic rings. The van der Waals surface area contributed by atoms with E-state index in [0.717, 1.165) is 12.2 Å². The summed E-state index contributed by atoms with van der Waals surface area (Å²) in [6, 6.07) is 0. The number of methoxy groups -OCH3 is 1. The average Bonchev–Trinajstić information content (AvgIpc) is 2.54. The van der Waals surface area contributed by atoms with Crippen LogP contribution in [-0.2, 0) is 9.53 Å². The predicted molar refractivity (Wildman–Crippen MR) is 70.2 cm³/mol. The number of ketones is 1. The third-order valence-corrected chi connectivity index (χ3v) is 6.47. The Bertz CT molecular complexity index is 289. The highest BCUT2D eigenvalue weighted by atomic mass is 28.3. The van der Waals surface area contributed by atoms with Gasteiger partial charge in [0.25, 0.3) is 0 Å². The maximum Gasteiger partial charge on any atom is 0.162 e. The number of rotatable bonds is 5. The summed E-state index contributed by atoms with van der Waals surface area (Å²) in [6.07, 6.45) is 4.87. The lowest BCUT2D eigenvalue weighted by atomic mass is 9.98. The van der Waals surface area contributed by atoms with Gasteiger partial charge in [0.15, 0.2) is 5.78 Å². The molecule has 0 amide bonds. The van der Waals surface area contributed by atoms with Crippen molar-refractivity contribution in [3.05, 3.63) is 11.8 Å². The summed E-state index contributed by atoms with van der Waals surface area (Å²) in [5.41, 5.74) is 0.592. The Morgan fingerprint density at radius 2 is 2.12 bits per heavy atom. The fourth-order valence-corrected chi connectivity index (χ4v) is 5.32. The van der Waals surface area contributed by atoms with Crippen LogP contribution in [0, 0.1) is 5.92 Å². The topological polar surface area (TPSA) is 26.3 Å². The van der Waals surface area contributed by atoms with Crippen LogP contribution in [0.3, 0.4) is 0 Å². The summed E-state index contributed by atoms with van der Waals surface area (Å²) < 4.78 is 5.21. The second-order valence-corrected chi connectivity index (χ2v) is 11.3. The zero-order chi connectivity index (χ0) is 12.3. The lowest BCUT2D eigenvalue weighted by molar-refractivity contribution is -0.117. The molecule has 0 saturated heterocycles. The quantitative estimate of drug-likeness (QED) is 0.686. The van der Waals surface area contributed by atoms with Gasteiger partial charge in [0.1, 0.15) is 0 Å². The number of carbonyl (C=O) groups is 1. The number of ether oxygens (including phenoxy) is 1. The molecule has 0 heterocycles. The zero-order valence-corrected chi connectivity index (χ0v) is 12.2. The molecular formula is C13H24O2Si. The van der Waals surface area contributed by atoms with Crippen LogP contribution in [0.5, 0.6) is 0 Å². The first-order valence-corrected chi connectivity index (χ1v) is 9.76. The van der Waals surface area contributed by atoms with Gasteiger partial charge in [-0.25, -0.2) is 0 Å². The molecule has 3 heteroatoms. The second-order valence-electron chi connectivity index (χ2n) is 5.79. The number of allylic oxidation sites excluding steroid dienone is 2. The first-order valence-electron chi connectivity index (χ1n) is 6.18. The van der Waals surface area contributed by atoms with E-state index in [9.17, 15) is 4.79 Å². The van der Waals surface area contributed by atoms with E-state index in [1.807, 2.05) is 0 Å². The Labute approximate surface area is 100 Å². The van der Waals surface area contributed by atoms with E-state index in [1.54, 1.807) is 13.2 Å². The van der Waals surface area contributed by atoms with Gasteiger partial charge < -0.3 is 4.74 Å². The smallest absolute Gasteiger partial charge is 0.162 e. The van der Waals surface area contributed by atoms with Gasteiger partial charge in [-0.05, 0) is 5.54 Å². The third kappa shape index (κ3) is 2.97. The second kappa shape index (κ2) is 5.17. The van der Waals surface area contributed by atoms with E-state index in [1.165, 1.54) is 12.8 Å². The Balaban J connectivity index is 2.79. The van der Waals surface area contributed by atoms with Crippen molar-refractivity contribution in [2.45, 2.75) is 51.4 Å². The summed E-state index contributed by atoms with van der Waals surface area (Å²) >= 11 is 0. The molecule has 0 aromatic rings. The molecule has 0 N–H and O–H groups in total. The Kier molecular flexibility index (Phi) is 4.36. The molecule has 0 bridgehead atoms. The molecule has 2 unspecified atom stereocenters. The number of carbonyl (C=O) groups excluding carboxylic acids is 1. The van der Waals surface area contributed by atoms with E-state index in [0.29, 0.717) is 5.54 Å². The Morgan fingerprint density at radius 1 is 1.50 bits per heavy atom. The molecule has 0 aromatic heterocycles. The minimum Gasteiger partial charge on any atom is -0.501 e. The molecule has 0 aromatic carbocycles. The van der Waals surface area contributed by atoms with Gasteiger partial charge in [-0.1, -0.05) is 39.4 Å². The molecule has 1 rings (SSSR count). The maximum atomic E-state index is 12.0. The van der Waals surface area contributed by atoms with Crippen molar-refractivity contribution in [1.29, 1.82) is 0 Å². The molecular weight excluding hydrogens is 216 g/mol. The van der Waals surface area contributed by atoms with Crippen molar-refractivity contribution in [2.24, 2.45) is 5.92 Å². The monoisotopic (exact) mass is 240 g/mol. The molecule has 92 valence electrons. The van der Waals surface area contributed by atoms with Crippen LogP contribution in [-0.4, -0.2) is 21.0 Å². The fraction of sp³-hybridized carbons (Fsp3) is 0.769. The number of hydrogen-bond acceptors (Lipinski definition) is 2. The SMILES string of the molecule is CCCC(C1CC(OC)=CC1=O)[Si](C)(C)C. The largest absolute Gasteiger partial charge is 0.501 e. The van der Waals surface area contributed by atoms with Crippen molar-refractivity contribution >= 4 is 13.9 Å². The molecule has 2 atom stereocenters. The summed E-state index contributed by atoms with van der Waals surface area (Å²) in [6.45, 7) is 9.30. The van der Waals surface area contributed by atoms with E-state index < -0.39 is 8.07 Å². The van der Waals surface area contributed by atoms with E-state index in [2.05, 4.69) is 26.6 Å². The highest BCUT2D eigenvalue weighted by Crippen LogP contribution is 2.41. The van der Waals surface area contributed by atoms with Crippen LogP contribution in [0.4, 0.5) is 0 Å².